The van der Waals surface area contributed by atoms with Crippen molar-refractivity contribution < 1.29 is 4.74 Å². The Morgan fingerprint density at radius 2 is 1.81 bits per heavy atom. The zero-order chi connectivity index (χ0) is 12.0. The Bertz CT molecular complexity index is 292. The minimum Gasteiger partial charge on any atom is -0.377 e. The number of rotatable bonds is 6. The van der Waals surface area contributed by atoms with Gasteiger partial charge in [0.15, 0.2) is 0 Å². The van der Waals surface area contributed by atoms with Crippen LogP contribution >= 0.6 is 0 Å². The third kappa shape index (κ3) is 3.95. The first-order valence-corrected chi connectivity index (χ1v) is 6.05. The third-order valence-corrected chi connectivity index (χ3v) is 2.74. The van der Waals surface area contributed by atoms with Crippen molar-refractivity contribution in [3.63, 3.8) is 0 Å². The molecule has 0 amide bonds. The number of hydrogen-bond donors (Lipinski definition) is 1. The van der Waals surface area contributed by atoms with Crippen molar-refractivity contribution in [1.29, 1.82) is 0 Å². The number of hydrogen-bond acceptors (Lipinski definition) is 2. The van der Waals surface area contributed by atoms with Crippen LogP contribution in [-0.4, -0.2) is 19.8 Å². The lowest BCUT2D eigenvalue weighted by atomic mass is 10.0. The van der Waals surface area contributed by atoms with Gasteiger partial charge in [-0.05, 0) is 38.4 Å². The van der Waals surface area contributed by atoms with Crippen LogP contribution in [0, 0.1) is 0 Å². The molecule has 1 unspecified atom stereocenters. The SMILES string of the molecule is CCc1ccc(C(COC(C)C)NC)cc1. The second-order valence-corrected chi connectivity index (χ2v) is 4.32. The van der Waals surface area contributed by atoms with E-state index in [2.05, 4.69) is 50.4 Å². The number of likely N-dealkylation sites (N-methyl/N-ethyl adjacent to an activating group) is 1. The molecule has 0 radical (unpaired) electrons. The molecule has 1 N–H and O–H groups in total. The fourth-order valence-electron chi connectivity index (χ4n) is 1.62. The minimum absolute atomic E-state index is 0.283. The lowest BCUT2D eigenvalue weighted by Gasteiger charge is -2.18. The van der Waals surface area contributed by atoms with Crippen LogP contribution in [0.3, 0.4) is 0 Å². The molecule has 0 spiro atoms. The Hall–Kier alpha value is -0.860. The molecule has 0 heterocycles. The van der Waals surface area contributed by atoms with Crippen LogP contribution in [0.2, 0.25) is 0 Å². The zero-order valence-corrected chi connectivity index (χ0v) is 10.8. The fraction of sp³-hybridized carbons (Fsp3) is 0.571. The molecule has 2 nitrogen and oxygen atoms in total. The van der Waals surface area contributed by atoms with Gasteiger partial charge in [0.05, 0.1) is 18.8 Å². The van der Waals surface area contributed by atoms with Crippen molar-refractivity contribution in [2.75, 3.05) is 13.7 Å². The Morgan fingerprint density at radius 1 is 1.19 bits per heavy atom. The van der Waals surface area contributed by atoms with E-state index in [0.29, 0.717) is 0 Å². The van der Waals surface area contributed by atoms with Gasteiger partial charge in [-0.25, -0.2) is 0 Å². The molecular formula is C14H23NO. The maximum Gasteiger partial charge on any atom is 0.0664 e. The lowest BCUT2D eigenvalue weighted by molar-refractivity contribution is 0.0626. The second kappa shape index (κ2) is 6.66. The molecule has 0 aromatic heterocycles. The van der Waals surface area contributed by atoms with Crippen molar-refractivity contribution >= 4 is 0 Å². The van der Waals surface area contributed by atoms with E-state index in [0.717, 1.165) is 13.0 Å². The van der Waals surface area contributed by atoms with Gasteiger partial charge in [-0.15, -0.1) is 0 Å². The normalized spacial score (nSPS) is 13.1. The fourth-order valence-corrected chi connectivity index (χ4v) is 1.62. The number of ether oxygens (including phenoxy) is 1. The van der Waals surface area contributed by atoms with Crippen LogP contribution in [0.15, 0.2) is 24.3 Å². The molecule has 1 rings (SSSR count). The van der Waals surface area contributed by atoms with Gasteiger partial charge in [0, 0.05) is 0 Å². The molecule has 0 aliphatic heterocycles. The second-order valence-electron chi connectivity index (χ2n) is 4.32. The van der Waals surface area contributed by atoms with E-state index in [-0.39, 0.29) is 12.1 Å². The summed E-state index contributed by atoms with van der Waals surface area (Å²) >= 11 is 0. The standard InChI is InChI=1S/C14H23NO/c1-5-12-6-8-13(9-7-12)14(15-4)10-16-11(2)3/h6-9,11,14-15H,5,10H2,1-4H3. The van der Waals surface area contributed by atoms with Gasteiger partial charge in [0.25, 0.3) is 0 Å². The quantitative estimate of drug-likeness (QED) is 0.797. The molecule has 0 aliphatic carbocycles. The van der Waals surface area contributed by atoms with Crippen LogP contribution in [-0.2, 0) is 11.2 Å². The summed E-state index contributed by atoms with van der Waals surface area (Å²) in [6, 6.07) is 9.03. The third-order valence-electron chi connectivity index (χ3n) is 2.74. The number of benzene rings is 1. The Morgan fingerprint density at radius 3 is 2.25 bits per heavy atom. The van der Waals surface area contributed by atoms with Crippen LogP contribution in [0.25, 0.3) is 0 Å². The summed E-state index contributed by atoms with van der Waals surface area (Å²) in [5.41, 5.74) is 2.67. The summed E-state index contributed by atoms with van der Waals surface area (Å²) in [6.07, 6.45) is 1.37. The number of nitrogens with one attached hydrogen (secondary N) is 1. The molecule has 1 aromatic rings. The highest BCUT2D eigenvalue weighted by atomic mass is 16.5. The largest absolute Gasteiger partial charge is 0.377 e. The lowest BCUT2D eigenvalue weighted by Crippen LogP contribution is -2.23. The van der Waals surface area contributed by atoms with E-state index in [1.165, 1.54) is 11.1 Å². The first kappa shape index (κ1) is 13.2. The van der Waals surface area contributed by atoms with E-state index in [1.807, 2.05) is 7.05 Å². The molecule has 0 fully saturated rings. The minimum atomic E-state index is 0.283. The Kier molecular flexibility index (Phi) is 5.50. The van der Waals surface area contributed by atoms with Crippen molar-refractivity contribution in [2.24, 2.45) is 0 Å². The first-order valence-electron chi connectivity index (χ1n) is 6.05. The van der Waals surface area contributed by atoms with Gasteiger partial charge in [-0.2, -0.15) is 0 Å². The predicted octanol–water partition coefficient (Wildman–Crippen LogP) is 2.93. The summed E-state index contributed by atoms with van der Waals surface area (Å²) in [6.45, 7) is 7.02. The van der Waals surface area contributed by atoms with Crippen molar-refractivity contribution in [3.8, 4) is 0 Å². The topological polar surface area (TPSA) is 21.3 Å². The Balaban J connectivity index is 2.63. The highest BCUT2D eigenvalue weighted by Crippen LogP contribution is 2.15. The zero-order valence-electron chi connectivity index (χ0n) is 10.8. The average Bonchev–Trinajstić information content (AvgIpc) is 2.30. The van der Waals surface area contributed by atoms with E-state index in [1.54, 1.807) is 0 Å². The summed E-state index contributed by atoms with van der Waals surface area (Å²) in [5.74, 6) is 0. The van der Waals surface area contributed by atoms with E-state index in [4.69, 9.17) is 4.74 Å². The molecule has 1 atom stereocenters. The molecular weight excluding hydrogens is 198 g/mol. The average molecular weight is 221 g/mol. The summed E-state index contributed by atoms with van der Waals surface area (Å²) in [5, 5.41) is 3.29. The van der Waals surface area contributed by atoms with E-state index < -0.39 is 0 Å². The van der Waals surface area contributed by atoms with Gasteiger partial charge in [0.2, 0.25) is 0 Å². The van der Waals surface area contributed by atoms with Gasteiger partial charge in [-0.3, -0.25) is 0 Å². The number of aryl methyl sites for hydroxylation is 1. The highest BCUT2D eigenvalue weighted by Gasteiger charge is 2.09. The maximum atomic E-state index is 5.64. The van der Waals surface area contributed by atoms with Crippen LogP contribution in [0.5, 0.6) is 0 Å². The predicted molar refractivity (Wildman–Crippen MR) is 68.7 cm³/mol. The van der Waals surface area contributed by atoms with Gasteiger partial charge >= 0.3 is 0 Å². The van der Waals surface area contributed by atoms with Crippen molar-refractivity contribution in [3.05, 3.63) is 35.4 Å². The maximum absolute atomic E-state index is 5.64. The molecule has 16 heavy (non-hydrogen) atoms. The monoisotopic (exact) mass is 221 g/mol. The van der Waals surface area contributed by atoms with Crippen molar-refractivity contribution in [2.45, 2.75) is 39.3 Å². The van der Waals surface area contributed by atoms with E-state index in [9.17, 15) is 0 Å². The molecule has 0 bridgehead atoms. The summed E-state index contributed by atoms with van der Waals surface area (Å²) in [4.78, 5) is 0. The smallest absolute Gasteiger partial charge is 0.0664 e. The summed E-state index contributed by atoms with van der Waals surface area (Å²) in [7, 11) is 1.97. The van der Waals surface area contributed by atoms with Crippen molar-refractivity contribution in [1.82, 2.24) is 5.32 Å². The molecule has 90 valence electrons. The van der Waals surface area contributed by atoms with E-state index >= 15 is 0 Å². The van der Waals surface area contributed by atoms with Crippen LogP contribution in [0.1, 0.15) is 37.9 Å². The van der Waals surface area contributed by atoms with Gasteiger partial charge in [-0.1, -0.05) is 31.2 Å². The molecule has 2 heteroatoms. The molecule has 0 saturated heterocycles. The Labute approximate surface area is 99.0 Å². The summed E-state index contributed by atoms with van der Waals surface area (Å²) < 4.78 is 5.64. The first-order chi connectivity index (χ1) is 7.67. The highest BCUT2D eigenvalue weighted by molar-refractivity contribution is 5.25. The molecule has 0 aliphatic rings. The van der Waals surface area contributed by atoms with Crippen LogP contribution in [0.4, 0.5) is 0 Å². The molecule has 0 saturated carbocycles. The molecule has 1 aromatic carbocycles. The van der Waals surface area contributed by atoms with Gasteiger partial charge in [0.1, 0.15) is 0 Å². The van der Waals surface area contributed by atoms with Crippen LogP contribution < -0.4 is 5.32 Å². The van der Waals surface area contributed by atoms with Gasteiger partial charge < -0.3 is 10.1 Å².